The smallest absolute Gasteiger partial charge is 0.110 e. The first-order valence-corrected chi connectivity index (χ1v) is 7.40. The second kappa shape index (κ2) is 4.02. The Morgan fingerprint density at radius 3 is 2.40 bits per heavy atom. The van der Waals surface area contributed by atoms with Crippen molar-refractivity contribution >= 4 is 17.1 Å². The third-order valence-corrected chi connectivity index (χ3v) is 5.08. The first kappa shape index (κ1) is 11.8. The predicted octanol–water partition coefficient (Wildman–Crippen LogP) is 4.62. The summed E-state index contributed by atoms with van der Waals surface area (Å²) in [6.45, 7) is 4.75. The van der Waals surface area contributed by atoms with Gasteiger partial charge in [0.2, 0.25) is 0 Å². The Kier molecular flexibility index (Phi) is 2.38. The van der Waals surface area contributed by atoms with Gasteiger partial charge < -0.3 is 10.2 Å². The van der Waals surface area contributed by atoms with Gasteiger partial charge in [-0.1, -0.05) is 44.2 Å². The zero-order valence-electron chi connectivity index (χ0n) is 12.0. The normalized spacial score (nSPS) is 30.8. The van der Waals surface area contributed by atoms with E-state index in [0.717, 1.165) is 5.92 Å². The summed E-state index contributed by atoms with van der Waals surface area (Å²) in [5, 5.41) is 3.74. The summed E-state index contributed by atoms with van der Waals surface area (Å²) in [6.07, 6.45) is 1.65. The second-order valence-corrected chi connectivity index (χ2v) is 6.38. The van der Waals surface area contributed by atoms with Crippen LogP contribution in [0.5, 0.6) is 0 Å². The molecule has 1 fully saturated rings. The van der Waals surface area contributed by atoms with Gasteiger partial charge >= 0.3 is 0 Å². The Balaban J connectivity index is 1.82. The molecule has 1 N–H and O–H groups in total. The molecule has 1 saturated carbocycles. The largest absolute Gasteiger partial charge is 0.363 e. The lowest BCUT2D eigenvalue weighted by Gasteiger charge is -2.32. The molecule has 0 radical (unpaired) electrons. The number of hydrogen-bond acceptors (Lipinski definition) is 2. The summed E-state index contributed by atoms with van der Waals surface area (Å²) in [7, 11) is 0. The molecule has 1 aliphatic heterocycles. The van der Waals surface area contributed by atoms with Crippen molar-refractivity contribution in [3.63, 3.8) is 0 Å². The quantitative estimate of drug-likeness (QED) is 0.851. The second-order valence-electron chi connectivity index (χ2n) is 6.38. The number of fused-ring (bicyclic) bond motifs is 1. The number of anilines is 3. The van der Waals surface area contributed by atoms with Gasteiger partial charge in [0, 0.05) is 11.1 Å². The van der Waals surface area contributed by atoms with Crippen LogP contribution in [0.3, 0.4) is 0 Å². The molecule has 2 aliphatic rings. The Morgan fingerprint density at radius 2 is 1.70 bits per heavy atom. The molecule has 20 heavy (non-hydrogen) atoms. The third-order valence-electron chi connectivity index (χ3n) is 5.08. The van der Waals surface area contributed by atoms with Crippen molar-refractivity contribution in [1.29, 1.82) is 0 Å². The number of rotatable bonds is 2. The van der Waals surface area contributed by atoms with Crippen LogP contribution in [0.2, 0.25) is 0 Å². The fraction of sp³-hybridized carbons (Fsp3) is 0.333. The Bertz CT molecular complexity index is 637. The lowest BCUT2D eigenvalue weighted by Crippen LogP contribution is -2.39. The van der Waals surface area contributed by atoms with Gasteiger partial charge in [-0.05, 0) is 36.6 Å². The molecular weight excluding hydrogens is 244 g/mol. The first-order chi connectivity index (χ1) is 9.70. The highest BCUT2D eigenvalue weighted by atomic mass is 15.4. The highest BCUT2D eigenvalue weighted by molar-refractivity contribution is 5.83. The molecular formula is C18H20N2. The van der Waals surface area contributed by atoms with Gasteiger partial charge in [0.15, 0.2) is 0 Å². The SMILES string of the molecule is CC1CC1(C)C1Nc2ccccc2N1c1ccccc1. The van der Waals surface area contributed by atoms with Crippen LogP contribution in [-0.4, -0.2) is 6.17 Å². The summed E-state index contributed by atoms with van der Waals surface area (Å²) >= 11 is 0. The van der Waals surface area contributed by atoms with Crippen molar-refractivity contribution in [2.45, 2.75) is 26.4 Å². The summed E-state index contributed by atoms with van der Waals surface area (Å²) in [5.41, 5.74) is 4.18. The van der Waals surface area contributed by atoms with E-state index in [0.29, 0.717) is 11.6 Å². The van der Waals surface area contributed by atoms with Gasteiger partial charge in [-0.25, -0.2) is 0 Å². The standard InChI is InChI=1S/C18H20N2/c1-13-12-18(13,2)17-19-15-10-6-7-11-16(15)20(17)14-8-4-3-5-9-14/h3-11,13,17,19H,12H2,1-2H3. The van der Waals surface area contributed by atoms with Crippen LogP contribution in [0.15, 0.2) is 54.6 Å². The van der Waals surface area contributed by atoms with Gasteiger partial charge in [-0.2, -0.15) is 0 Å². The van der Waals surface area contributed by atoms with E-state index in [4.69, 9.17) is 0 Å². The average molecular weight is 264 g/mol. The average Bonchev–Trinajstić information content (AvgIpc) is 2.94. The molecule has 4 rings (SSSR count). The molecule has 0 aromatic heterocycles. The van der Waals surface area contributed by atoms with E-state index < -0.39 is 0 Å². The Hall–Kier alpha value is -1.96. The molecule has 2 aromatic rings. The molecule has 102 valence electrons. The minimum atomic E-state index is 0.356. The predicted molar refractivity (Wildman–Crippen MR) is 84.3 cm³/mol. The monoisotopic (exact) mass is 264 g/mol. The van der Waals surface area contributed by atoms with Crippen LogP contribution < -0.4 is 10.2 Å². The summed E-state index contributed by atoms with van der Waals surface area (Å²) in [5.74, 6) is 0.778. The maximum Gasteiger partial charge on any atom is 0.110 e. The van der Waals surface area contributed by atoms with E-state index in [9.17, 15) is 0 Å². The van der Waals surface area contributed by atoms with Crippen molar-refractivity contribution in [1.82, 2.24) is 0 Å². The summed E-state index contributed by atoms with van der Waals surface area (Å²) < 4.78 is 0. The van der Waals surface area contributed by atoms with Gasteiger partial charge in [-0.15, -0.1) is 0 Å². The molecule has 2 nitrogen and oxygen atoms in total. The topological polar surface area (TPSA) is 15.3 Å². The molecule has 0 spiro atoms. The fourth-order valence-corrected chi connectivity index (χ4v) is 3.48. The van der Waals surface area contributed by atoms with Crippen molar-refractivity contribution in [2.75, 3.05) is 10.2 Å². The van der Waals surface area contributed by atoms with Gasteiger partial charge in [0.05, 0.1) is 11.4 Å². The van der Waals surface area contributed by atoms with E-state index in [1.54, 1.807) is 0 Å². The Morgan fingerprint density at radius 1 is 1.05 bits per heavy atom. The zero-order valence-corrected chi connectivity index (χ0v) is 12.0. The van der Waals surface area contributed by atoms with Crippen LogP contribution in [-0.2, 0) is 0 Å². The first-order valence-electron chi connectivity index (χ1n) is 7.40. The molecule has 0 amide bonds. The molecule has 2 aromatic carbocycles. The van der Waals surface area contributed by atoms with Crippen LogP contribution >= 0.6 is 0 Å². The fourth-order valence-electron chi connectivity index (χ4n) is 3.48. The highest BCUT2D eigenvalue weighted by Gasteiger charge is 2.56. The van der Waals surface area contributed by atoms with Gasteiger partial charge in [0.1, 0.15) is 6.17 Å². The van der Waals surface area contributed by atoms with Crippen molar-refractivity contribution in [2.24, 2.45) is 11.3 Å². The van der Waals surface area contributed by atoms with Crippen molar-refractivity contribution < 1.29 is 0 Å². The molecule has 3 atom stereocenters. The molecule has 2 heteroatoms. The zero-order chi connectivity index (χ0) is 13.7. The van der Waals surface area contributed by atoms with Crippen LogP contribution in [0.25, 0.3) is 0 Å². The van der Waals surface area contributed by atoms with E-state index in [1.807, 2.05) is 0 Å². The van der Waals surface area contributed by atoms with Crippen molar-refractivity contribution in [3.8, 4) is 0 Å². The Labute approximate surface area is 120 Å². The van der Waals surface area contributed by atoms with E-state index in [-0.39, 0.29) is 0 Å². The molecule has 1 heterocycles. The van der Waals surface area contributed by atoms with Crippen molar-refractivity contribution in [3.05, 3.63) is 54.6 Å². The summed E-state index contributed by atoms with van der Waals surface area (Å²) in [6, 6.07) is 19.3. The van der Waals surface area contributed by atoms with Crippen LogP contribution in [0.1, 0.15) is 20.3 Å². The molecule has 0 bridgehead atoms. The van der Waals surface area contributed by atoms with E-state index in [1.165, 1.54) is 23.5 Å². The highest BCUT2D eigenvalue weighted by Crippen LogP contribution is 2.59. The maximum atomic E-state index is 3.74. The van der Waals surface area contributed by atoms with E-state index >= 15 is 0 Å². The maximum absolute atomic E-state index is 3.74. The number of nitrogens with zero attached hydrogens (tertiary/aromatic N) is 1. The van der Waals surface area contributed by atoms with E-state index in [2.05, 4.69) is 78.7 Å². The van der Waals surface area contributed by atoms with Crippen LogP contribution in [0, 0.1) is 11.3 Å². The molecule has 0 saturated heterocycles. The van der Waals surface area contributed by atoms with Gasteiger partial charge in [0.25, 0.3) is 0 Å². The molecule has 3 unspecified atom stereocenters. The number of para-hydroxylation sites is 3. The summed E-state index contributed by atoms with van der Waals surface area (Å²) in [4.78, 5) is 2.47. The number of hydrogen-bond donors (Lipinski definition) is 1. The van der Waals surface area contributed by atoms with Gasteiger partial charge in [-0.3, -0.25) is 0 Å². The van der Waals surface area contributed by atoms with Crippen LogP contribution in [0.4, 0.5) is 17.1 Å². The minimum Gasteiger partial charge on any atom is -0.363 e. The lowest BCUT2D eigenvalue weighted by atomic mass is 10.0. The number of benzene rings is 2. The number of nitrogens with one attached hydrogen (secondary N) is 1. The third kappa shape index (κ3) is 1.57. The molecule has 1 aliphatic carbocycles. The minimum absolute atomic E-state index is 0.356. The lowest BCUT2D eigenvalue weighted by molar-refractivity contribution is 0.441.